The molecular formula is C18H25FO2. The van der Waals surface area contributed by atoms with Crippen LogP contribution in [0.15, 0.2) is 24.3 Å². The Balaban J connectivity index is 1.59. The number of hydrogen-bond acceptors (Lipinski definition) is 2. The summed E-state index contributed by atoms with van der Waals surface area (Å²) in [6.07, 6.45) is 4.06. The van der Waals surface area contributed by atoms with Gasteiger partial charge in [0.25, 0.3) is 0 Å². The lowest BCUT2D eigenvalue weighted by atomic mass is 9.79. The van der Waals surface area contributed by atoms with E-state index in [0.29, 0.717) is 17.8 Å². The summed E-state index contributed by atoms with van der Waals surface area (Å²) in [5.74, 6) is 1.37. The van der Waals surface area contributed by atoms with Crippen molar-refractivity contribution in [3.05, 3.63) is 35.4 Å². The zero-order valence-corrected chi connectivity index (χ0v) is 12.8. The summed E-state index contributed by atoms with van der Waals surface area (Å²) < 4.78 is 24.1. The Morgan fingerprint density at radius 1 is 0.952 bits per heavy atom. The standard InChI is InChI=1S/C18H25FO2/c1-13-11-20-18(21-12-13)17-8-6-16(7-9-17)15-4-2-14(10-19)3-5-15/h6-9,13-15,18H,2-5,10-12H2,1H3. The van der Waals surface area contributed by atoms with E-state index in [0.717, 1.165) is 44.5 Å². The molecule has 3 rings (SSSR count). The van der Waals surface area contributed by atoms with E-state index in [9.17, 15) is 4.39 Å². The van der Waals surface area contributed by atoms with Crippen LogP contribution in [0.3, 0.4) is 0 Å². The molecule has 0 radical (unpaired) electrons. The van der Waals surface area contributed by atoms with Crippen molar-refractivity contribution < 1.29 is 13.9 Å². The van der Waals surface area contributed by atoms with E-state index in [2.05, 4.69) is 31.2 Å². The highest BCUT2D eigenvalue weighted by Crippen LogP contribution is 2.36. The fourth-order valence-electron chi connectivity index (χ4n) is 3.37. The van der Waals surface area contributed by atoms with Crippen molar-refractivity contribution in [3.63, 3.8) is 0 Å². The fourth-order valence-corrected chi connectivity index (χ4v) is 3.37. The Morgan fingerprint density at radius 2 is 1.52 bits per heavy atom. The maximum absolute atomic E-state index is 12.7. The largest absolute Gasteiger partial charge is 0.348 e. The van der Waals surface area contributed by atoms with Gasteiger partial charge >= 0.3 is 0 Å². The van der Waals surface area contributed by atoms with Crippen LogP contribution in [0, 0.1) is 11.8 Å². The predicted molar refractivity (Wildman–Crippen MR) is 80.9 cm³/mol. The third-order valence-electron chi connectivity index (χ3n) is 4.81. The zero-order valence-electron chi connectivity index (χ0n) is 12.8. The van der Waals surface area contributed by atoms with Crippen LogP contribution in [0.25, 0.3) is 0 Å². The highest BCUT2D eigenvalue weighted by atomic mass is 19.1. The van der Waals surface area contributed by atoms with Gasteiger partial charge in [-0.3, -0.25) is 4.39 Å². The second kappa shape index (κ2) is 6.89. The molecule has 0 N–H and O–H groups in total. The van der Waals surface area contributed by atoms with E-state index in [1.807, 2.05) is 0 Å². The highest BCUT2D eigenvalue weighted by molar-refractivity contribution is 5.26. The lowest BCUT2D eigenvalue weighted by Gasteiger charge is -2.29. The molecule has 0 atom stereocenters. The average molecular weight is 292 g/mol. The molecule has 0 amide bonds. The number of ether oxygens (including phenoxy) is 2. The molecular weight excluding hydrogens is 267 g/mol. The minimum absolute atomic E-state index is 0.152. The molecule has 0 unspecified atom stereocenters. The molecule has 1 aromatic carbocycles. The molecule has 3 heteroatoms. The van der Waals surface area contributed by atoms with Crippen molar-refractivity contribution in [1.29, 1.82) is 0 Å². The van der Waals surface area contributed by atoms with Gasteiger partial charge in [0, 0.05) is 11.5 Å². The molecule has 21 heavy (non-hydrogen) atoms. The van der Waals surface area contributed by atoms with Crippen molar-refractivity contribution in [2.24, 2.45) is 11.8 Å². The summed E-state index contributed by atoms with van der Waals surface area (Å²) in [6, 6.07) is 8.63. The minimum Gasteiger partial charge on any atom is -0.348 e. The fraction of sp³-hybridized carbons (Fsp3) is 0.667. The number of hydrogen-bond donors (Lipinski definition) is 0. The van der Waals surface area contributed by atoms with E-state index in [-0.39, 0.29) is 13.0 Å². The van der Waals surface area contributed by atoms with Crippen LogP contribution in [0.2, 0.25) is 0 Å². The molecule has 1 aliphatic carbocycles. The summed E-state index contributed by atoms with van der Waals surface area (Å²) >= 11 is 0. The van der Waals surface area contributed by atoms with E-state index in [1.54, 1.807) is 0 Å². The van der Waals surface area contributed by atoms with E-state index >= 15 is 0 Å². The highest BCUT2D eigenvalue weighted by Gasteiger charge is 2.24. The third kappa shape index (κ3) is 3.64. The van der Waals surface area contributed by atoms with Gasteiger partial charge in [0.2, 0.25) is 0 Å². The summed E-state index contributed by atoms with van der Waals surface area (Å²) in [7, 11) is 0. The van der Waals surface area contributed by atoms with Crippen LogP contribution in [-0.4, -0.2) is 19.9 Å². The van der Waals surface area contributed by atoms with Crippen LogP contribution >= 0.6 is 0 Å². The first-order valence-electron chi connectivity index (χ1n) is 8.15. The van der Waals surface area contributed by atoms with Gasteiger partial charge in [-0.15, -0.1) is 0 Å². The number of halogens is 1. The van der Waals surface area contributed by atoms with Crippen LogP contribution < -0.4 is 0 Å². The lowest BCUT2D eigenvalue weighted by Crippen LogP contribution is -2.25. The smallest absolute Gasteiger partial charge is 0.183 e. The van der Waals surface area contributed by atoms with Gasteiger partial charge in [-0.2, -0.15) is 0 Å². The molecule has 1 heterocycles. The Bertz CT molecular complexity index is 429. The Hall–Kier alpha value is -0.930. The maximum atomic E-state index is 12.7. The molecule has 2 nitrogen and oxygen atoms in total. The van der Waals surface area contributed by atoms with Gasteiger partial charge in [0.1, 0.15) is 0 Å². The SMILES string of the molecule is CC1COC(c2ccc(C3CCC(CF)CC3)cc2)OC1. The summed E-state index contributed by atoms with van der Waals surface area (Å²) in [5.41, 5.74) is 2.48. The summed E-state index contributed by atoms with van der Waals surface area (Å²) in [6.45, 7) is 3.51. The first-order valence-corrected chi connectivity index (χ1v) is 8.15. The quantitative estimate of drug-likeness (QED) is 0.810. The van der Waals surface area contributed by atoms with Gasteiger partial charge in [-0.05, 0) is 43.1 Å². The average Bonchev–Trinajstić information content (AvgIpc) is 2.56. The second-order valence-electron chi connectivity index (χ2n) is 6.64. The molecule has 1 aliphatic heterocycles. The van der Waals surface area contributed by atoms with Crippen molar-refractivity contribution in [1.82, 2.24) is 0 Å². The predicted octanol–water partition coefficient (Wildman–Crippen LogP) is 4.61. The van der Waals surface area contributed by atoms with E-state index in [4.69, 9.17) is 9.47 Å². The summed E-state index contributed by atoms with van der Waals surface area (Å²) in [5, 5.41) is 0. The van der Waals surface area contributed by atoms with Crippen LogP contribution in [0.4, 0.5) is 4.39 Å². The number of alkyl halides is 1. The Kier molecular flexibility index (Phi) is 4.91. The molecule has 1 saturated carbocycles. The summed E-state index contributed by atoms with van der Waals surface area (Å²) in [4.78, 5) is 0. The third-order valence-corrected chi connectivity index (χ3v) is 4.81. The monoisotopic (exact) mass is 292 g/mol. The molecule has 0 aromatic heterocycles. The van der Waals surface area contributed by atoms with Gasteiger partial charge in [0.05, 0.1) is 19.9 Å². The molecule has 2 aliphatic rings. The van der Waals surface area contributed by atoms with Crippen LogP contribution in [-0.2, 0) is 9.47 Å². The van der Waals surface area contributed by atoms with Gasteiger partial charge < -0.3 is 9.47 Å². The lowest BCUT2D eigenvalue weighted by molar-refractivity contribution is -0.202. The van der Waals surface area contributed by atoms with Gasteiger partial charge in [-0.1, -0.05) is 31.2 Å². The normalized spacial score (nSPS) is 33.8. The van der Waals surface area contributed by atoms with Gasteiger partial charge in [-0.25, -0.2) is 0 Å². The second-order valence-corrected chi connectivity index (χ2v) is 6.64. The topological polar surface area (TPSA) is 18.5 Å². The molecule has 0 spiro atoms. The van der Waals surface area contributed by atoms with Crippen LogP contribution in [0.1, 0.15) is 55.9 Å². The number of benzene rings is 1. The molecule has 116 valence electrons. The van der Waals surface area contributed by atoms with E-state index in [1.165, 1.54) is 5.56 Å². The van der Waals surface area contributed by atoms with Crippen LogP contribution in [0.5, 0.6) is 0 Å². The maximum Gasteiger partial charge on any atom is 0.183 e. The zero-order chi connectivity index (χ0) is 14.7. The first-order chi connectivity index (χ1) is 10.3. The minimum atomic E-state index is -0.211. The Labute approximate surface area is 126 Å². The van der Waals surface area contributed by atoms with Crippen molar-refractivity contribution >= 4 is 0 Å². The Morgan fingerprint density at radius 3 is 2.10 bits per heavy atom. The number of rotatable bonds is 3. The van der Waals surface area contributed by atoms with Crippen molar-refractivity contribution in [3.8, 4) is 0 Å². The molecule has 0 bridgehead atoms. The van der Waals surface area contributed by atoms with Crippen molar-refractivity contribution in [2.75, 3.05) is 19.9 Å². The molecule has 2 fully saturated rings. The van der Waals surface area contributed by atoms with Gasteiger partial charge in [0.15, 0.2) is 6.29 Å². The first kappa shape index (κ1) is 15.0. The van der Waals surface area contributed by atoms with E-state index < -0.39 is 0 Å². The molecule has 1 aromatic rings. The van der Waals surface area contributed by atoms with Crippen molar-refractivity contribution in [2.45, 2.75) is 44.8 Å². The molecule has 1 saturated heterocycles.